The number of carboxylic acid groups (broad SMARTS) is 1. The molecule has 1 saturated heterocycles. The Labute approximate surface area is 154 Å². The molecule has 0 spiro atoms. The maximum absolute atomic E-state index is 12.2. The van der Waals surface area contributed by atoms with Crippen LogP contribution in [-0.2, 0) is 20.7 Å². The molecule has 1 aromatic carbocycles. The van der Waals surface area contributed by atoms with E-state index < -0.39 is 11.5 Å². The van der Waals surface area contributed by atoms with E-state index in [1.54, 1.807) is 24.3 Å². The molecule has 2 heterocycles. The van der Waals surface area contributed by atoms with Crippen molar-refractivity contribution in [1.29, 1.82) is 0 Å². The van der Waals surface area contributed by atoms with Crippen molar-refractivity contribution in [2.45, 2.75) is 31.2 Å². The number of benzene rings is 1. The molecule has 1 aromatic heterocycles. The first kappa shape index (κ1) is 18.3. The first-order chi connectivity index (χ1) is 12.5. The molecule has 0 unspecified atom stereocenters. The molecule has 1 amide bonds. The first-order valence-corrected chi connectivity index (χ1v) is 8.57. The number of carbonyl (C=O) groups is 2. The standard InChI is InChI=1S/C17H18ClN3O5/c18-12-3-1-11(2-4-12)15-19-14(26-21-15)6-5-13(22)20-17(16(23)24)7-9-25-10-8-17/h1-4H,5-10H2,(H,20,22)(H,23,24). The highest BCUT2D eigenvalue weighted by Crippen LogP contribution is 2.22. The minimum atomic E-state index is -1.27. The number of carbonyl (C=O) groups excluding carboxylic acids is 1. The van der Waals surface area contributed by atoms with Gasteiger partial charge in [-0.05, 0) is 24.3 Å². The summed E-state index contributed by atoms with van der Waals surface area (Å²) < 4.78 is 10.3. The lowest BCUT2D eigenvalue weighted by Crippen LogP contribution is -2.57. The minimum absolute atomic E-state index is 0.0537. The number of aromatic nitrogens is 2. The summed E-state index contributed by atoms with van der Waals surface area (Å²) in [6.45, 7) is 0.612. The molecule has 26 heavy (non-hydrogen) atoms. The van der Waals surface area contributed by atoms with E-state index in [-0.39, 0.29) is 31.6 Å². The topological polar surface area (TPSA) is 115 Å². The van der Waals surface area contributed by atoms with Gasteiger partial charge < -0.3 is 19.7 Å². The summed E-state index contributed by atoms with van der Waals surface area (Å²) in [6.07, 6.45) is 0.765. The van der Waals surface area contributed by atoms with Crippen LogP contribution in [-0.4, -0.2) is 45.9 Å². The number of hydrogen-bond acceptors (Lipinski definition) is 6. The van der Waals surface area contributed by atoms with Crippen LogP contribution in [0.25, 0.3) is 11.4 Å². The van der Waals surface area contributed by atoms with Gasteiger partial charge in [0, 0.05) is 49.5 Å². The number of halogens is 1. The lowest BCUT2D eigenvalue weighted by molar-refractivity contribution is -0.152. The summed E-state index contributed by atoms with van der Waals surface area (Å²) in [5, 5.41) is 16.6. The van der Waals surface area contributed by atoms with E-state index in [0.717, 1.165) is 5.56 Å². The van der Waals surface area contributed by atoms with E-state index >= 15 is 0 Å². The van der Waals surface area contributed by atoms with Crippen LogP contribution in [0.5, 0.6) is 0 Å². The molecule has 2 N–H and O–H groups in total. The molecule has 9 heteroatoms. The summed E-state index contributed by atoms with van der Waals surface area (Å²) >= 11 is 5.84. The van der Waals surface area contributed by atoms with Crippen LogP contribution in [0.4, 0.5) is 0 Å². The lowest BCUT2D eigenvalue weighted by Gasteiger charge is -2.33. The van der Waals surface area contributed by atoms with Crippen LogP contribution in [0.2, 0.25) is 5.02 Å². The van der Waals surface area contributed by atoms with Gasteiger partial charge in [-0.1, -0.05) is 16.8 Å². The third kappa shape index (κ3) is 4.20. The van der Waals surface area contributed by atoms with Gasteiger partial charge in [0.15, 0.2) is 0 Å². The summed E-state index contributed by atoms with van der Waals surface area (Å²) in [5.74, 6) is -0.706. The first-order valence-electron chi connectivity index (χ1n) is 8.19. The van der Waals surface area contributed by atoms with E-state index in [2.05, 4.69) is 15.5 Å². The molecule has 0 radical (unpaired) electrons. The number of aliphatic carboxylic acids is 1. The van der Waals surface area contributed by atoms with Gasteiger partial charge in [-0.25, -0.2) is 4.79 Å². The van der Waals surface area contributed by atoms with Gasteiger partial charge >= 0.3 is 5.97 Å². The van der Waals surface area contributed by atoms with E-state index in [0.29, 0.717) is 30.0 Å². The molecule has 3 rings (SSSR count). The Balaban J connectivity index is 1.58. The minimum Gasteiger partial charge on any atom is -0.480 e. The quantitative estimate of drug-likeness (QED) is 0.789. The molecule has 1 fully saturated rings. The number of ether oxygens (including phenoxy) is 1. The normalized spacial score (nSPS) is 16.2. The number of hydrogen-bond donors (Lipinski definition) is 2. The number of carboxylic acids is 1. The zero-order valence-electron chi connectivity index (χ0n) is 13.9. The van der Waals surface area contributed by atoms with Crippen LogP contribution in [0.1, 0.15) is 25.2 Å². The van der Waals surface area contributed by atoms with Gasteiger partial charge in [-0.15, -0.1) is 0 Å². The highest BCUT2D eigenvalue weighted by Gasteiger charge is 2.41. The average molecular weight is 380 g/mol. The van der Waals surface area contributed by atoms with E-state index in [1.807, 2.05) is 0 Å². The van der Waals surface area contributed by atoms with Crippen molar-refractivity contribution in [1.82, 2.24) is 15.5 Å². The predicted molar refractivity (Wildman–Crippen MR) is 91.6 cm³/mol. The molecule has 138 valence electrons. The van der Waals surface area contributed by atoms with Crippen molar-refractivity contribution < 1.29 is 24.0 Å². The molecule has 0 saturated carbocycles. The van der Waals surface area contributed by atoms with Crippen molar-refractivity contribution in [3.05, 3.63) is 35.2 Å². The van der Waals surface area contributed by atoms with E-state index in [4.69, 9.17) is 20.9 Å². The molecule has 0 atom stereocenters. The Morgan fingerprint density at radius 1 is 1.23 bits per heavy atom. The fourth-order valence-corrected chi connectivity index (χ4v) is 2.86. The molecule has 0 aliphatic carbocycles. The van der Waals surface area contributed by atoms with Gasteiger partial charge in [0.2, 0.25) is 17.6 Å². The van der Waals surface area contributed by atoms with Crippen LogP contribution >= 0.6 is 11.6 Å². The third-order valence-electron chi connectivity index (χ3n) is 4.27. The average Bonchev–Trinajstić information content (AvgIpc) is 3.10. The number of rotatable bonds is 6. The van der Waals surface area contributed by atoms with Gasteiger partial charge in [0.05, 0.1) is 0 Å². The van der Waals surface area contributed by atoms with Crippen molar-refractivity contribution >= 4 is 23.5 Å². The lowest BCUT2D eigenvalue weighted by atomic mass is 9.90. The van der Waals surface area contributed by atoms with Crippen LogP contribution in [0.15, 0.2) is 28.8 Å². The number of nitrogens with zero attached hydrogens (tertiary/aromatic N) is 2. The molecular formula is C17H18ClN3O5. The predicted octanol–water partition coefficient (Wildman–Crippen LogP) is 2.07. The van der Waals surface area contributed by atoms with Gasteiger partial charge in [-0.2, -0.15) is 4.98 Å². The summed E-state index contributed by atoms with van der Waals surface area (Å²) in [6, 6.07) is 6.98. The number of aryl methyl sites for hydroxylation is 1. The Morgan fingerprint density at radius 3 is 2.58 bits per heavy atom. The molecule has 1 aliphatic rings. The van der Waals surface area contributed by atoms with E-state index in [9.17, 15) is 14.7 Å². The molecule has 2 aromatic rings. The Kier molecular flexibility index (Phi) is 5.53. The zero-order chi connectivity index (χ0) is 18.6. The third-order valence-corrected chi connectivity index (χ3v) is 4.52. The molecular weight excluding hydrogens is 362 g/mol. The van der Waals surface area contributed by atoms with E-state index in [1.165, 1.54) is 0 Å². The van der Waals surface area contributed by atoms with Crippen molar-refractivity contribution in [3.8, 4) is 11.4 Å². The smallest absolute Gasteiger partial charge is 0.329 e. The summed E-state index contributed by atoms with van der Waals surface area (Å²) in [4.78, 5) is 28.0. The molecule has 8 nitrogen and oxygen atoms in total. The monoisotopic (exact) mass is 379 g/mol. The van der Waals surface area contributed by atoms with Crippen molar-refractivity contribution in [2.75, 3.05) is 13.2 Å². The number of amides is 1. The second-order valence-electron chi connectivity index (χ2n) is 6.07. The maximum atomic E-state index is 12.2. The van der Waals surface area contributed by atoms with Crippen LogP contribution < -0.4 is 5.32 Å². The Morgan fingerprint density at radius 2 is 1.92 bits per heavy atom. The molecule has 1 aliphatic heterocycles. The van der Waals surface area contributed by atoms with Crippen LogP contribution in [0.3, 0.4) is 0 Å². The number of nitrogens with one attached hydrogen (secondary N) is 1. The maximum Gasteiger partial charge on any atom is 0.329 e. The zero-order valence-corrected chi connectivity index (χ0v) is 14.7. The Hall–Kier alpha value is -2.45. The van der Waals surface area contributed by atoms with Gasteiger partial charge in [0.25, 0.3) is 0 Å². The highest BCUT2D eigenvalue weighted by molar-refractivity contribution is 6.30. The fourth-order valence-electron chi connectivity index (χ4n) is 2.73. The van der Waals surface area contributed by atoms with Crippen LogP contribution in [0, 0.1) is 0 Å². The van der Waals surface area contributed by atoms with Gasteiger partial charge in [0.1, 0.15) is 5.54 Å². The second-order valence-corrected chi connectivity index (χ2v) is 6.50. The summed E-state index contributed by atoms with van der Waals surface area (Å²) in [7, 11) is 0. The summed E-state index contributed by atoms with van der Waals surface area (Å²) in [5.41, 5.74) is -0.514. The van der Waals surface area contributed by atoms with Gasteiger partial charge in [-0.3, -0.25) is 4.79 Å². The van der Waals surface area contributed by atoms with Crippen molar-refractivity contribution in [2.24, 2.45) is 0 Å². The van der Waals surface area contributed by atoms with Crippen molar-refractivity contribution in [3.63, 3.8) is 0 Å². The largest absolute Gasteiger partial charge is 0.480 e. The highest BCUT2D eigenvalue weighted by atomic mass is 35.5. The fraction of sp³-hybridized carbons (Fsp3) is 0.412. The Bertz CT molecular complexity index is 784. The second kappa shape index (κ2) is 7.84. The molecule has 0 bridgehead atoms. The SMILES string of the molecule is O=C(CCc1nc(-c2ccc(Cl)cc2)no1)NC1(C(=O)O)CCOCC1.